The molecule has 0 aliphatic rings. The van der Waals surface area contributed by atoms with Gasteiger partial charge in [0, 0.05) is 18.3 Å². The number of benzene rings is 4. The first-order chi connectivity index (χ1) is 19.7. The SMILES string of the molecule is COc1cc(S(=O)(=O)N(CCCc2ccccc2)c2ccc(C)cc2)ccc1C(=O)C(Cl)C(=O)Nc1ccccc1. The van der Waals surface area contributed by atoms with Crippen LogP contribution in [-0.2, 0) is 21.2 Å². The molecular formula is C32H31ClN2O5S. The Labute approximate surface area is 245 Å². The maximum Gasteiger partial charge on any atom is 0.264 e. The first-order valence-corrected chi connectivity index (χ1v) is 14.9. The fraction of sp³-hybridized carbons (Fsp3) is 0.188. The van der Waals surface area contributed by atoms with Crippen LogP contribution in [0.1, 0.15) is 27.9 Å². The molecule has 212 valence electrons. The Balaban J connectivity index is 1.59. The Hall–Kier alpha value is -4.14. The fourth-order valence-electron chi connectivity index (χ4n) is 4.32. The summed E-state index contributed by atoms with van der Waals surface area (Å²) in [5.41, 5.74) is 3.15. The summed E-state index contributed by atoms with van der Waals surface area (Å²) in [7, 11) is -2.72. The number of hydrogen-bond acceptors (Lipinski definition) is 5. The summed E-state index contributed by atoms with van der Waals surface area (Å²) in [5, 5.41) is 1.05. The highest BCUT2D eigenvalue weighted by molar-refractivity contribution is 7.92. The quantitative estimate of drug-likeness (QED) is 0.119. The van der Waals surface area contributed by atoms with Crippen molar-refractivity contribution in [3.63, 3.8) is 0 Å². The number of ketones is 1. The minimum absolute atomic E-state index is 0.000579. The lowest BCUT2D eigenvalue weighted by Crippen LogP contribution is -2.33. The van der Waals surface area contributed by atoms with Gasteiger partial charge in [-0.2, -0.15) is 0 Å². The lowest BCUT2D eigenvalue weighted by molar-refractivity contribution is -0.115. The fourth-order valence-corrected chi connectivity index (χ4v) is 6.01. The van der Waals surface area contributed by atoms with E-state index in [-0.39, 0.29) is 22.8 Å². The summed E-state index contributed by atoms with van der Waals surface area (Å²) in [4.78, 5) is 25.7. The number of carbonyl (C=O) groups is 2. The van der Waals surface area contributed by atoms with Crippen LogP contribution >= 0.6 is 11.6 Å². The Kier molecular flexibility index (Phi) is 9.81. The molecular weight excluding hydrogens is 560 g/mol. The van der Waals surface area contributed by atoms with E-state index in [2.05, 4.69) is 5.32 Å². The van der Waals surface area contributed by atoms with Gasteiger partial charge in [-0.15, -0.1) is 11.6 Å². The van der Waals surface area contributed by atoms with Crippen LogP contribution in [0.2, 0.25) is 0 Å². The molecule has 0 radical (unpaired) electrons. The highest BCUT2D eigenvalue weighted by atomic mass is 35.5. The van der Waals surface area contributed by atoms with Gasteiger partial charge in [-0.25, -0.2) is 8.42 Å². The van der Waals surface area contributed by atoms with Gasteiger partial charge in [0.15, 0.2) is 11.2 Å². The van der Waals surface area contributed by atoms with E-state index < -0.39 is 27.1 Å². The maximum atomic E-state index is 13.9. The molecule has 0 saturated carbocycles. The highest BCUT2D eigenvalue weighted by Gasteiger charge is 2.30. The number of rotatable bonds is 12. The van der Waals surface area contributed by atoms with E-state index in [0.29, 0.717) is 24.2 Å². The summed E-state index contributed by atoms with van der Waals surface area (Å²) in [6.07, 6.45) is 1.30. The Morgan fingerprint density at radius 2 is 1.54 bits per heavy atom. The van der Waals surface area contributed by atoms with Gasteiger partial charge >= 0.3 is 0 Å². The van der Waals surface area contributed by atoms with Crippen LogP contribution in [0.4, 0.5) is 11.4 Å². The zero-order valence-electron chi connectivity index (χ0n) is 22.8. The second-order valence-corrected chi connectivity index (χ2v) is 11.7. The molecule has 1 N–H and O–H groups in total. The van der Waals surface area contributed by atoms with Crippen LogP contribution in [0, 0.1) is 6.92 Å². The van der Waals surface area contributed by atoms with Crippen LogP contribution in [-0.4, -0.2) is 39.1 Å². The molecule has 4 aromatic rings. The number of halogens is 1. The number of carbonyl (C=O) groups excluding carboxylic acids is 2. The molecule has 41 heavy (non-hydrogen) atoms. The molecule has 4 rings (SSSR count). The second kappa shape index (κ2) is 13.5. The Morgan fingerprint density at radius 1 is 0.902 bits per heavy atom. The number of sulfonamides is 1. The number of amides is 1. The van der Waals surface area contributed by atoms with Crippen molar-refractivity contribution in [2.24, 2.45) is 0 Å². The van der Waals surface area contributed by atoms with E-state index in [0.717, 1.165) is 11.1 Å². The number of para-hydroxylation sites is 1. The monoisotopic (exact) mass is 590 g/mol. The smallest absolute Gasteiger partial charge is 0.264 e. The normalized spacial score (nSPS) is 11.9. The summed E-state index contributed by atoms with van der Waals surface area (Å²) < 4.78 is 34.7. The first-order valence-electron chi connectivity index (χ1n) is 13.1. The maximum absolute atomic E-state index is 13.9. The van der Waals surface area contributed by atoms with E-state index in [1.165, 1.54) is 29.6 Å². The van der Waals surface area contributed by atoms with Crippen LogP contribution in [0.15, 0.2) is 108 Å². The van der Waals surface area contributed by atoms with Crippen LogP contribution < -0.4 is 14.4 Å². The number of hydrogen-bond donors (Lipinski definition) is 1. The highest BCUT2D eigenvalue weighted by Crippen LogP contribution is 2.30. The van der Waals surface area contributed by atoms with Gasteiger partial charge in [0.2, 0.25) is 5.91 Å². The van der Waals surface area contributed by atoms with Crippen LogP contribution in [0.3, 0.4) is 0 Å². The summed E-state index contributed by atoms with van der Waals surface area (Å²) in [5.74, 6) is -1.41. The largest absolute Gasteiger partial charge is 0.496 e. The summed E-state index contributed by atoms with van der Waals surface area (Å²) in [6, 6.07) is 29.7. The van der Waals surface area contributed by atoms with Crippen LogP contribution in [0.5, 0.6) is 5.75 Å². The van der Waals surface area contributed by atoms with Gasteiger partial charge in [-0.05, 0) is 61.7 Å². The lowest BCUT2D eigenvalue weighted by atomic mass is 10.1. The van der Waals surface area contributed by atoms with Crippen molar-refractivity contribution >= 4 is 44.7 Å². The molecule has 0 heterocycles. The van der Waals surface area contributed by atoms with E-state index in [9.17, 15) is 18.0 Å². The molecule has 0 fully saturated rings. The van der Waals surface area contributed by atoms with E-state index in [1.807, 2.05) is 49.4 Å². The molecule has 1 atom stereocenters. The minimum atomic E-state index is -4.04. The topological polar surface area (TPSA) is 92.8 Å². The van der Waals surface area contributed by atoms with E-state index in [4.69, 9.17) is 16.3 Å². The number of ether oxygens (including phenoxy) is 1. The Morgan fingerprint density at radius 3 is 2.17 bits per heavy atom. The van der Waals surface area contributed by atoms with Gasteiger partial charge in [-0.1, -0.05) is 66.2 Å². The molecule has 0 saturated heterocycles. The van der Waals surface area contributed by atoms with Gasteiger partial charge in [-0.3, -0.25) is 13.9 Å². The minimum Gasteiger partial charge on any atom is -0.496 e. The second-order valence-electron chi connectivity index (χ2n) is 9.45. The van der Waals surface area contributed by atoms with Crippen molar-refractivity contribution in [3.8, 4) is 5.75 Å². The summed E-state index contributed by atoms with van der Waals surface area (Å²) in [6.45, 7) is 2.18. The van der Waals surface area contributed by atoms with Gasteiger partial charge in [0.1, 0.15) is 5.75 Å². The molecule has 1 amide bonds. The molecule has 0 bridgehead atoms. The average molecular weight is 591 g/mol. The predicted molar refractivity (Wildman–Crippen MR) is 163 cm³/mol. The third kappa shape index (κ3) is 7.34. The number of aryl methyl sites for hydroxylation is 2. The van der Waals surface area contributed by atoms with Crippen molar-refractivity contribution in [3.05, 3.63) is 120 Å². The van der Waals surface area contributed by atoms with Gasteiger partial charge in [0.05, 0.1) is 23.3 Å². The zero-order valence-corrected chi connectivity index (χ0v) is 24.4. The third-order valence-corrected chi connectivity index (χ3v) is 8.74. The average Bonchev–Trinajstić information content (AvgIpc) is 2.99. The number of Topliss-reactive ketones (excluding diaryl/α,β-unsaturated/α-hetero) is 1. The molecule has 1 unspecified atom stereocenters. The molecule has 4 aromatic carbocycles. The molecule has 7 nitrogen and oxygen atoms in total. The van der Waals surface area contributed by atoms with E-state index >= 15 is 0 Å². The van der Waals surface area contributed by atoms with Crippen molar-refractivity contribution in [1.29, 1.82) is 0 Å². The van der Waals surface area contributed by atoms with Gasteiger partial charge < -0.3 is 10.1 Å². The van der Waals surface area contributed by atoms with Crippen molar-refractivity contribution < 1.29 is 22.7 Å². The number of nitrogens with one attached hydrogen (secondary N) is 1. The number of nitrogens with zero attached hydrogens (tertiary/aromatic N) is 1. The van der Waals surface area contributed by atoms with Crippen molar-refractivity contribution in [1.82, 2.24) is 0 Å². The van der Waals surface area contributed by atoms with Crippen LogP contribution in [0.25, 0.3) is 0 Å². The molecule has 0 aromatic heterocycles. The first kappa shape index (κ1) is 29.8. The lowest BCUT2D eigenvalue weighted by Gasteiger charge is -2.25. The van der Waals surface area contributed by atoms with E-state index in [1.54, 1.807) is 42.5 Å². The number of methoxy groups -OCH3 is 1. The molecule has 0 aliphatic carbocycles. The van der Waals surface area contributed by atoms with Gasteiger partial charge in [0.25, 0.3) is 10.0 Å². The number of anilines is 2. The molecule has 9 heteroatoms. The Bertz CT molecular complexity index is 1590. The zero-order chi connectivity index (χ0) is 29.4. The third-order valence-electron chi connectivity index (χ3n) is 6.52. The molecule has 0 aliphatic heterocycles. The molecule has 0 spiro atoms. The standard InChI is InChI=1S/C32H31ClN2O5S/c1-23-15-17-26(18-16-23)35(21-9-12-24-10-5-3-6-11-24)41(38,39)27-19-20-28(29(22-27)40-2)31(36)30(33)32(37)34-25-13-7-4-8-14-25/h3-8,10-11,13-20,22,30H,9,12,21H2,1-2H3,(H,34,37). The summed E-state index contributed by atoms with van der Waals surface area (Å²) >= 11 is 6.23. The number of alkyl halides is 1. The van der Waals surface area contributed by atoms with Crippen molar-refractivity contribution in [2.75, 3.05) is 23.3 Å². The predicted octanol–water partition coefficient (Wildman–Crippen LogP) is 6.26. The van der Waals surface area contributed by atoms with Crippen molar-refractivity contribution in [2.45, 2.75) is 30.0 Å².